The third kappa shape index (κ3) is 10.3. The minimum absolute atomic E-state index is 0.0104. The first kappa shape index (κ1) is 53.3. The number of benzene rings is 5. The van der Waals surface area contributed by atoms with E-state index in [9.17, 15) is 19.2 Å². The molecule has 2 aromatic heterocycles. The van der Waals surface area contributed by atoms with Crippen LogP contribution in [-0.4, -0.2) is 106 Å². The van der Waals surface area contributed by atoms with E-state index in [4.69, 9.17) is 19.4 Å². The number of carbonyl (C=O) groups is 4. The van der Waals surface area contributed by atoms with Crippen LogP contribution in [0.25, 0.3) is 32.8 Å². The number of H-pyrrole nitrogens is 2. The summed E-state index contributed by atoms with van der Waals surface area (Å²) in [4.78, 5) is 77.3. The van der Waals surface area contributed by atoms with Crippen molar-refractivity contribution in [2.24, 2.45) is 11.8 Å². The number of anilines is 2. The fraction of sp³-hybridized carbons (Fsp3) is 0.443. The zero-order valence-electron chi connectivity index (χ0n) is 45.7. The summed E-state index contributed by atoms with van der Waals surface area (Å²) in [7, 11) is 2.55. The molecule has 0 bridgehead atoms. The Bertz CT molecular complexity index is 3250. The summed E-state index contributed by atoms with van der Waals surface area (Å²) >= 11 is 0. The van der Waals surface area contributed by atoms with Crippen molar-refractivity contribution in [3.05, 3.63) is 131 Å². The van der Waals surface area contributed by atoms with Gasteiger partial charge in [0.2, 0.25) is 11.8 Å². The Hall–Kier alpha value is -7.76. The number of aromatic nitrogens is 4. The number of imidazole rings is 2. The molecule has 4 fully saturated rings. The van der Waals surface area contributed by atoms with E-state index in [1.54, 1.807) is 9.80 Å². The molecule has 11 rings (SSSR count). The number of ether oxygens (including phenoxy) is 2. The number of hydrogen-bond donors (Lipinski definition) is 4. The predicted molar refractivity (Wildman–Crippen MR) is 300 cm³/mol. The van der Waals surface area contributed by atoms with Gasteiger partial charge in [0.1, 0.15) is 29.4 Å². The Labute approximate surface area is 458 Å². The molecular weight excluding hydrogens is 1010 g/mol. The number of methoxy groups -OCH3 is 2. The number of hydrogen-bond acceptors (Lipinski definition) is 10. The summed E-state index contributed by atoms with van der Waals surface area (Å²) in [6.45, 7) is 9.60. The number of aromatic amines is 2. The van der Waals surface area contributed by atoms with E-state index < -0.39 is 35.9 Å². The highest BCUT2D eigenvalue weighted by Gasteiger charge is 2.41. The van der Waals surface area contributed by atoms with Crippen LogP contribution in [0.15, 0.2) is 91.0 Å². The highest BCUT2D eigenvalue weighted by molar-refractivity contribution is 5.88. The molecule has 0 spiro atoms. The van der Waals surface area contributed by atoms with Gasteiger partial charge in [-0.1, -0.05) is 82.3 Å². The van der Waals surface area contributed by atoms with Crippen LogP contribution in [0.2, 0.25) is 0 Å². The quantitative estimate of drug-likeness (QED) is 0.0868. The number of likely N-dealkylation sites (tertiary alicyclic amines) is 2. The van der Waals surface area contributed by atoms with Crippen LogP contribution in [0, 0.1) is 23.5 Å². The van der Waals surface area contributed by atoms with Crippen molar-refractivity contribution >= 4 is 68.2 Å². The lowest BCUT2D eigenvalue weighted by molar-refractivity contribution is -0.136. The van der Waals surface area contributed by atoms with Crippen molar-refractivity contribution in [3.63, 3.8) is 0 Å². The number of nitrogens with zero attached hydrogens (tertiary/aromatic N) is 6. The van der Waals surface area contributed by atoms with Crippen LogP contribution in [0.5, 0.6) is 0 Å². The van der Waals surface area contributed by atoms with Crippen molar-refractivity contribution < 1.29 is 37.4 Å². The lowest BCUT2D eigenvalue weighted by Gasteiger charge is -2.36. The van der Waals surface area contributed by atoms with Gasteiger partial charge in [-0.15, -0.1) is 0 Å². The summed E-state index contributed by atoms with van der Waals surface area (Å²) in [5.41, 5.74) is 6.51. The first-order chi connectivity index (χ1) is 38.2. The Balaban J connectivity index is 0.906. The summed E-state index contributed by atoms with van der Waals surface area (Å²) < 4.78 is 43.8. The van der Waals surface area contributed by atoms with Gasteiger partial charge in [0.05, 0.1) is 60.5 Å². The summed E-state index contributed by atoms with van der Waals surface area (Å²) in [6.07, 6.45) is 4.45. The maximum absolute atomic E-state index is 17.0. The van der Waals surface area contributed by atoms with Crippen molar-refractivity contribution in [1.29, 1.82) is 0 Å². The zero-order chi connectivity index (χ0) is 55.2. The Kier molecular flexibility index (Phi) is 14.9. The molecular formula is C61H70F2N10O6. The minimum Gasteiger partial charge on any atom is -0.453 e. The van der Waals surface area contributed by atoms with Gasteiger partial charge in [0.15, 0.2) is 11.6 Å². The van der Waals surface area contributed by atoms with Crippen LogP contribution < -0.4 is 20.4 Å². The molecule has 5 aromatic carbocycles. The first-order valence-electron chi connectivity index (χ1n) is 28.0. The normalized spacial score (nSPS) is 20.7. The van der Waals surface area contributed by atoms with E-state index in [2.05, 4.69) is 61.9 Å². The summed E-state index contributed by atoms with van der Waals surface area (Å²) in [5, 5.41) is 7.85. The molecule has 4 amide bonds. The molecule has 6 atom stereocenters. The molecule has 414 valence electrons. The van der Waals surface area contributed by atoms with Crippen molar-refractivity contribution in [2.45, 2.75) is 121 Å². The van der Waals surface area contributed by atoms with E-state index in [-0.39, 0.29) is 59.4 Å². The molecule has 4 aliphatic rings. The van der Waals surface area contributed by atoms with Gasteiger partial charge >= 0.3 is 12.2 Å². The van der Waals surface area contributed by atoms with E-state index >= 15 is 8.78 Å². The zero-order valence-corrected chi connectivity index (χ0v) is 45.7. The largest absolute Gasteiger partial charge is 0.453 e. The smallest absolute Gasteiger partial charge is 0.407 e. The average Bonchev–Trinajstić information content (AvgIpc) is 4.39. The monoisotopic (exact) mass is 1080 g/mol. The molecule has 18 heteroatoms. The fourth-order valence-electron chi connectivity index (χ4n) is 13.1. The van der Waals surface area contributed by atoms with E-state index in [0.717, 1.165) is 47.8 Å². The molecule has 4 saturated heterocycles. The van der Waals surface area contributed by atoms with Gasteiger partial charge in [-0.25, -0.2) is 28.3 Å². The van der Waals surface area contributed by atoms with E-state index in [1.807, 2.05) is 75.1 Å². The van der Waals surface area contributed by atoms with Gasteiger partial charge in [-0.2, -0.15) is 0 Å². The standard InChI is InChI=1S/C61H70F2N10O6/c1-34(2)53(68-60(76)78-5)58(74)71-26-10-16-51(71)56-64-45-20-18-38(30-47(45)66-56)49-22-23-50(39-19-21-46-48(31-39)67-57(65-46)52-17-11-27-72(52)59(75)54(35(3)4)69-61(77)79-6)73(49)40-32-43(62)55(44(63)33-40)70-28-24-37(25-29-70)42-15-9-13-36-12-7-8-14-41(36)42/h7-9,12-15,18-21,30-35,37,49-54H,10-11,16-17,22-29H2,1-6H3,(H,64,66)(H,65,67)(H,68,76)(H,69,77)/t49-,50-,51+,52+,53+,54?/m1/s1. The van der Waals surface area contributed by atoms with Crippen LogP contribution in [0.3, 0.4) is 0 Å². The first-order valence-corrected chi connectivity index (χ1v) is 28.0. The van der Waals surface area contributed by atoms with E-state index in [0.29, 0.717) is 80.2 Å². The molecule has 1 unspecified atom stereocenters. The fourth-order valence-corrected chi connectivity index (χ4v) is 13.1. The van der Waals surface area contributed by atoms with E-state index in [1.165, 1.54) is 42.7 Å². The number of halogens is 2. The second-order valence-electron chi connectivity index (χ2n) is 22.5. The predicted octanol–water partition coefficient (Wildman–Crippen LogP) is 11.4. The Morgan fingerprint density at radius 1 is 0.595 bits per heavy atom. The van der Waals surface area contributed by atoms with Crippen LogP contribution >= 0.6 is 0 Å². The Morgan fingerprint density at radius 3 is 1.58 bits per heavy atom. The number of carbonyl (C=O) groups excluding carboxylic acids is 4. The molecule has 4 aliphatic heterocycles. The van der Waals surface area contributed by atoms with Crippen LogP contribution in [0.4, 0.5) is 29.7 Å². The van der Waals surface area contributed by atoms with Gasteiger partial charge in [-0.05, 0) is 133 Å². The minimum atomic E-state index is -0.771. The average molecular weight is 1080 g/mol. The van der Waals surface area contributed by atoms with Crippen molar-refractivity contribution in [2.75, 3.05) is 50.2 Å². The molecule has 4 N–H and O–H groups in total. The van der Waals surface area contributed by atoms with Gasteiger partial charge in [-0.3, -0.25) is 9.59 Å². The number of amides is 4. The van der Waals surface area contributed by atoms with Crippen LogP contribution in [-0.2, 0) is 19.1 Å². The van der Waals surface area contributed by atoms with Gasteiger partial charge in [0.25, 0.3) is 0 Å². The lowest BCUT2D eigenvalue weighted by Crippen LogP contribution is -2.51. The second-order valence-corrected chi connectivity index (χ2v) is 22.5. The summed E-state index contributed by atoms with van der Waals surface area (Å²) in [5.74, 6) is -0.415. The molecule has 7 aromatic rings. The number of fused-ring (bicyclic) bond motifs is 3. The maximum Gasteiger partial charge on any atom is 0.407 e. The number of nitrogens with one attached hydrogen (secondary N) is 4. The molecule has 0 aliphatic carbocycles. The van der Waals surface area contributed by atoms with Gasteiger partial charge < -0.3 is 49.7 Å². The summed E-state index contributed by atoms with van der Waals surface area (Å²) in [6, 6.07) is 27.0. The second kappa shape index (κ2) is 22.2. The number of rotatable bonds is 13. The SMILES string of the molecule is COC(=O)NC(C(=O)N1CCC[C@H]1c1nc2cc([C@H]3CC[C@H](c4ccc5[nH]c([C@@H]6CCCN6C(=O)[C@@H](NC(=O)OC)C(C)C)nc5c4)N3c3cc(F)c(N4CCC(c5cccc6ccccc56)CC4)c(F)c3)ccc2[nH]1)C(C)C. The highest BCUT2D eigenvalue weighted by Crippen LogP contribution is 2.49. The third-order valence-corrected chi connectivity index (χ3v) is 17.1. The highest BCUT2D eigenvalue weighted by atomic mass is 19.1. The molecule has 6 heterocycles. The number of piperidine rings is 1. The Morgan fingerprint density at radius 2 is 1.09 bits per heavy atom. The van der Waals surface area contributed by atoms with Gasteiger partial charge in [0, 0.05) is 31.9 Å². The number of alkyl carbamates (subject to hydrolysis) is 2. The third-order valence-electron chi connectivity index (χ3n) is 17.1. The topological polar surface area (TPSA) is 181 Å². The van der Waals surface area contributed by atoms with Crippen molar-refractivity contribution in [1.82, 2.24) is 40.4 Å². The molecule has 79 heavy (non-hydrogen) atoms. The van der Waals surface area contributed by atoms with Crippen LogP contribution in [0.1, 0.15) is 137 Å². The molecule has 0 radical (unpaired) electrons. The molecule has 16 nitrogen and oxygen atoms in total. The molecule has 0 saturated carbocycles. The maximum atomic E-state index is 17.0. The van der Waals surface area contributed by atoms with Crippen molar-refractivity contribution in [3.8, 4) is 0 Å². The lowest BCUT2D eigenvalue weighted by atomic mass is 9.86.